The van der Waals surface area contributed by atoms with Gasteiger partial charge in [0.05, 0.1) is 18.1 Å². The van der Waals surface area contributed by atoms with E-state index in [4.69, 9.17) is 9.47 Å². The number of carbonyl (C=O) groups is 2. The van der Waals surface area contributed by atoms with Crippen LogP contribution in [0.25, 0.3) is 0 Å². The third kappa shape index (κ3) is 3.44. The van der Waals surface area contributed by atoms with Crippen molar-refractivity contribution in [3.63, 3.8) is 0 Å². The van der Waals surface area contributed by atoms with Crippen LogP contribution in [0.15, 0.2) is 59.5 Å². The number of benzene rings is 2. The lowest BCUT2D eigenvalue weighted by molar-refractivity contribution is -0.164. The van der Waals surface area contributed by atoms with Crippen LogP contribution in [-0.2, 0) is 28.9 Å². The molecule has 0 bridgehead atoms. The van der Waals surface area contributed by atoms with E-state index in [1.807, 2.05) is 19.1 Å². The standard InChI is InChI=1S/C22H24O6S/c1-4-27-20(23)22(21(24)28-5-2)18(16-13-11-15(3)12-14-16)19(22)29(25,26)17-9-7-6-8-10-17/h6-14,18-19H,4-5H2,1-3H3/t18-,19-/m1/s1. The van der Waals surface area contributed by atoms with Gasteiger partial charge in [0.1, 0.15) is 5.25 Å². The molecular weight excluding hydrogens is 392 g/mol. The summed E-state index contributed by atoms with van der Waals surface area (Å²) >= 11 is 0. The highest BCUT2D eigenvalue weighted by atomic mass is 32.2. The van der Waals surface area contributed by atoms with E-state index >= 15 is 0 Å². The SMILES string of the molecule is CCOC(=O)C1(C(=O)OCC)[C@H](c2ccc(C)cc2)[C@H]1S(=O)(=O)c1ccccc1. The summed E-state index contributed by atoms with van der Waals surface area (Å²) in [5.74, 6) is -2.62. The quantitative estimate of drug-likeness (QED) is 0.509. The van der Waals surface area contributed by atoms with Gasteiger partial charge in [0.25, 0.3) is 0 Å². The van der Waals surface area contributed by atoms with Gasteiger partial charge in [-0.05, 0) is 38.5 Å². The van der Waals surface area contributed by atoms with Crippen molar-refractivity contribution in [1.29, 1.82) is 0 Å². The molecule has 154 valence electrons. The van der Waals surface area contributed by atoms with E-state index in [0.29, 0.717) is 5.56 Å². The number of esters is 2. The number of sulfone groups is 1. The number of hydrogen-bond donors (Lipinski definition) is 0. The molecule has 0 saturated heterocycles. The molecule has 29 heavy (non-hydrogen) atoms. The van der Waals surface area contributed by atoms with Crippen LogP contribution in [0.5, 0.6) is 0 Å². The molecular formula is C22H24O6S. The second-order valence-electron chi connectivity index (χ2n) is 6.98. The smallest absolute Gasteiger partial charge is 0.325 e. The Balaban J connectivity index is 2.19. The fourth-order valence-corrected chi connectivity index (χ4v) is 6.13. The molecule has 0 N–H and O–H groups in total. The molecule has 1 aliphatic carbocycles. The van der Waals surface area contributed by atoms with Crippen LogP contribution in [-0.4, -0.2) is 38.8 Å². The van der Waals surface area contributed by atoms with Crippen LogP contribution < -0.4 is 0 Å². The van der Waals surface area contributed by atoms with Gasteiger partial charge in [0.2, 0.25) is 0 Å². The first-order valence-electron chi connectivity index (χ1n) is 9.51. The van der Waals surface area contributed by atoms with Crippen molar-refractivity contribution in [3.8, 4) is 0 Å². The molecule has 2 aromatic rings. The van der Waals surface area contributed by atoms with E-state index in [-0.39, 0.29) is 18.1 Å². The largest absolute Gasteiger partial charge is 0.465 e. The van der Waals surface area contributed by atoms with Gasteiger partial charge in [0, 0.05) is 5.92 Å². The lowest BCUT2D eigenvalue weighted by Gasteiger charge is -2.15. The second kappa shape index (κ2) is 7.99. The van der Waals surface area contributed by atoms with Gasteiger partial charge in [-0.2, -0.15) is 0 Å². The zero-order valence-electron chi connectivity index (χ0n) is 16.6. The van der Waals surface area contributed by atoms with Gasteiger partial charge in [-0.1, -0.05) is 48.0 Å². The van der Waals surface area contributed by atoms with E-state index in [0.717, 1.165) is 5.56 Å². The average molecular weight is 416 g/mol. The fourth-order valence-electron chi connectivity index (χ4n) is 3.82. The molecule has 0 spiro atoms. The molecule has 7 heteroatoms. The summed E-state index contributed by atoms with van der Waals surface area (Å²) in [4.78, 5) is 26.0. The molecule has 0 aliphatic heterocycles. The van der Waals surface area contributed by atoms with Crippen molar-refractivity contribution in [2.24, 2.45) is 5.41 Å². The molecule has 6 nitrogen and oxygen atoms in total. The minimum atomic E-state index is -4.01. The van der Waals surface area contributed by atoms with Crippen molar-refractivity contribution >= 4 is 21.8 Å². The Kier molecular flexibility index (Phi) is 5.80. The van der Waals surface area contributed by atoms with Crippen molar-refractivity contribution in [2.45, 2.75) is 36.8 Å². The molecule has 2 atom stereocenters. The molecule has 0 amide bonds. The summed E-state index contributed by atoms with van der Waals surface area (Å²) in [5, 5.41) is -1.29. The molecule has 0 aromatic heterocycles. The number of rotatable bonds is 7. The van der Waals surface area contributed by atoms with Crippen LogP contribution in [0, 0.1) is 12.3 Å². The zero-order chi connectivity index (χ0) is 21.2. The fraction of sp³-hybridized carbons (Fsp3) is 0.364. The van der Waals surface area contributed by atoms with Crippen molar-refractivity contribution in [1.82, 2.24) is 0 Å². The van der Waals surface area contributed by atoms with Crippen LogP contribution in [0.4, 0.5) is 0 Å². The lowest BCUT2D eigenvalue weighted by Crippen LogP contribution is -2.35. The van der Waals surface area contributed by atoms with Crippen LogP contribution in [0.3, 0.4) is 0 Å². The van der Waals surface area contributed by atoms with Gasteiger partial charge in [0.15, 0.2) is 15.3 Å². The summed E-state index contributed by atoms with van der Waals surface area (Å²) in [7, 11) is -4.01. The molecule has 0 unspecified atom stereocenters. The summed E-state index contributed by atoms with van der Waals surface area (Å²) < 4.78 is 37.3. The first kappa shape index (κ1) is 21.0. The van der Waals surface area contributed by atoms with E-state index < -0.39 is 38.4 Å². The molecule has 1 fully saturated rings. The Labute approximate surface area is 170 Å². The Morgan fingerprint density at radius 1 is 0.897 bits per heavy atom. The van der Waals surface area contributed by atoms with E-state index in [9.17, 15) is 18.0 Å². The highest BCUT2D eigenvalue weighted by molar-refractivity contribution is 7.92. The Morgan fingerprint density at radius 3 is 1.90 bits per heavy atom. The summed E-state index contributed by atoms with van der Waals surface area (Å²) in [6, 6.07) is 15.0. The number of aryl methyl sites for hydroxylation is 1. The molecule has 0 radical (unpaired) electrons. The van der Waals surface area contributed by atoms with Crippen molar-refractivity contribution < 1.29 is 27.5 Å². The zero-order valence-corrected chi connectivity index (χ0v) is 17.4. The first-order valence-corrected chi connectivity index (χ1v) is 11.1. The minimum Gasteiger partial charge on any atom is -0.465 e. The van der Waals surface area contributed by atoms with Gasteiger partial charge in [-0.25, -0.2) is 8.42 Å². The Bertz CT molecular complexity index is 977. The normalized spacial score (nSPS) is 20.0. The maximum atomic E-state index is 13.5. The van der Waals surface area contributed by atoms with Gasteiger partial charge >= 0.3 is 11.9 Å². The minimum absolute atomic E-state index is 0.0265. The number of hydrogen-bond acceptors (Lipinski definition) is 6. The van der Waals surface area contributed by atoms with E-state index in [1.165, 1.54) is 12.1 Å². The molecule has 3 rings (SSSR count). The summed E-state index contributed by atoms with van der Waals surface area (Å²) in [6.45, 7) is 5.18. The van der Waals surface area contributed by atoms with Crippen molar-refractivity contribution in [3.05, 3.63) is 65.7 Å². The third-order valence-corrected chi connectivity index (χ3v) is 7.44. The lowest BCUT2D eigenvalue weighted by atomic mass is 9.98. The van der Waals surface area contributed by atoms with Crippen LogP contribution >= 0.6 is 0 Å². The van der Waals surface area contributed by atoms with E-state index in [1.54, 1.807) is 44.2 Å². The maximum absolute atomic E-state index is 13.5. The van der Waals surface area contributed by atoms with Gasteiger partial charge in [-0.15, -0.1) is 0 Å². The first-order chi connectivity index (χ1) is 13.8. The third-order valence-electron chi connectivity index (χ3n) is 5.20. The summed E-state index contributed by atoms with van der Waals surface area (Å²) in [5.41, 5.74) is -0.355. The molecule has 1 saturated carbocycles. The topological polar surface area (TPSA) is 86.7 Å². The van der Waals surface area contributed by atoms with Crippen molar-refractivity contribution in [2.75, 3.05) is 13.2 Å². The van der Waals surface area contributed by atoms with Crippen LogP contribution in [0.1, 0.15) is 30.9 Å². The van der Waals surface area contributed by atoms with E-state index in [2.05, 4.69) is 0 Å². The number of ether oxygens (including phenoxy) is 2. The molecule has 0 heterocycles. The predicted octanol–water partition coefficient (Wildman–Crippen LogP) is 3.05. The second-order valence-corrected chi connectivity index (χ2v) is 9.05. The number of carbonyl (C=O) groups excluding carboxylic acids is 2. The van der Waals surface area contributed by atoms with Crippen LogP contribution in [0.2, 0.25) is 0 Å². The highest BCUT2D eigenvalue weighted by Gasteiger charge is 2.81. The highest BCUT2D eigenvalue weighted by Crippen LogP contribution is 2.65. The average Bonchev–Trinajstić information content (AvgIpc) is 3.42. The monoisotopic (exact) mass is 416 g/mol. The maximum Gasteiger partial charge on any atom is 0.325 e. The van der Waals surface area contributed by atoms with Gasteiger partial charge < -0.3 is 9.47 Å². The predicted molar refractivity (Wildman–Crippen MR) is 107 cm³/mol. The Hall–Kier alpha value is -2.67. The molecule has 2 aromatic carbocycles. The van der Waals surface area contributed by atoms with Gasteiger partial charge in [-0.3, -0.25) is 9.59 Å². The molecule has 1 aliphatic rings. The summed E-state index contributed by atoms with van der Waals surface area (Å²) in [6.07, 6.45) is 0. The Morgan fingerprint density at radius 2 is 1.41 bits per heavy atom.